The number of fused-ring (bicyclic) bond motifs is 10. The van der Waals surface area contributed by atoms with Crippen LogP contribution in [0.5, 0.6) is 0 Å². The normalized spacial score (nSPS) is 13.3. The van der Waals surface area contributed by atoms with Crippen molar-refractivity contribution in [2.75, 3.05) is 4.90 Å². The van der Waals surface area contributed by atoms with Gasteiger partial charge in [-0.3, -0.25) is 0 Å². The zero-order valence-electron chi connectivity index (χ0n) is 33.6. The first-order valence-corrected chi connectivity index (χ1v) is 21.4. The summed E-state index contributed by atoms with van der Waals surface area (Å²) in [5.41, 5.74) is 18.0. The van der Waals surface area contributed by atoms with Crippen LogP contribution in [0.15, 0.2) is 223 Å². The van der Waals surface area contributed by atoms with E-state index in [2.05, 4.69) is 228 Å². The van der Waals surface area contributed by atoms with Crippen LogP contribution in [-0.2, 0) is 5.41 Å². The second-order valence-electron chi connectivity index (χ2n) is 16.7. The maximum absolute atomic E-state index is 7.04. The minimum atomic E-state index is -0.556. The molecule has 3 heteroatoms. The van der Waals surface area contributed by atoms with Gasteiger partial charge in [-0.1, -0.05) is 152 Å². The number of benzene rings is 10. The highest BCUT2D eigenvalue weighted by atomic mass is 16.3. The minimum absolute atomic E-state index is 0.556. The fraction of sp³-hybridized carbons (Fsp3) is 0.0169. The lowest BCUT2D eigenvalue weighted by Gasteiger charge is -2.38. The lowest BCUT2D eigenvalue weighted by atomic mass is 9.63. The fourth-order valence-electron chi connectivity index (χ4n) is 11.4. The molecule has 0 radical (unpaired) electrons. The van der Waals surface area contributed by atoms with E-state index in [1.54, 1.807) is 0 Å². The average molecular weight is 789 g/mol. The summed E-state index contributed by atoms with van der Waals surface area (Å²) in [6, 6.07) is 80.1. The first kappa shape index (κ1) is 33.7. The fourth-order valence-corrected chi connectivity index (χ4v) is 11.4. The van der Waals surface area contributed by atoms with Crippen LogP contribution in [0, 0.1) is 0 Å². The molecule has 0 fully saturated rings. The zero-order chi connectivity index (χ0) is 40.5. The number of furan rings is 1. The molecule has 14 rings (SSSR count). The van der Waals surface area contributed by atoms with E-state index in [-0.39, 0.29) is 0 Å². The van der Waals surface area contributed by atoms with Gasteiger partial charge in [0.1, 0.15) is 5.58 Å². The lowest BCUT2D eigenvalue weighted by molar-refractivity contribution is 0.669. The Bertz CT molecular complexity index is 3720. The third kappa shape index (κ3) is 4.29. The Morgan fingerprint density at radius 2 is 1.03 bits per heavy atom. The molecule has 2 heterocycles. The maximum Gasteiger partial charge on any atom is 0.160 e. The van der Waals surface area contributed by atoms with Gasteiger partial charge in [0, 0.05) is 38.6 Å². The van der Waals surface area contributed by atoms with Gasteiger partial charge in [-0.2, -0.15) is 0 Å². The van der Waals surface area contributed by atoms with Crippen molar-refractivity contribution >= 4 is 71.6 Å². The van der Waals surface area contributed by atoms with Crippen LogP contribution in [0.4, 0.5) is 17.1 Å². The van der Waals surface area contributed by atoms with Gasteiger partial charge in [-0.15, -0.1) is 0 Å². The third-order valence-electron chi connectivity index (χ3n) is 13.7. The Morgan fingerprint density at radius 1 is 0.403 bits per heavy atom. The minimum Gasteiger partial charge on any atom is -0.454 e. The van der Waals surface area contributed by atoms with Crippen molar-refractivity contribution in [3.8, 4) is 27.9 Å². The molecule has 62 heavy (non-hydrogen) atoms. The Hall–Kier alpha value is -8.14. The molecule has 0 saturated heterocycles. The molecule has 0 unspecified atom stereocenters. The third-order valence-corrected chi connectivity index (χ3v) is 13.7. The molecule has 2 aliphatic carbocycles. The summed E-state index contributed by atoms with van der Waals surface area (Å²) in [5, 5.41) is 7.43. The quantitative estimate of drug-likeness (QED) is 0.173. The lowest BCUT2D eigenvalue weighted by Crippen LogP contribution is -2.30. The molecular weight excluding hydrogens is 753 g/mol. The molecule has 0 bridgehead atoms. The van der Waals surface area contributed by atoms with Crippen LogP contribution < -0.4 is 4.90 Å². The number of hydrogen-bond donors (Lipinski definition) is 0. The van der Waals surface area contributed by atoms with Gasteiger partial charge < -0.3 is 13.9 Å². The summed E-state index contributed by atoms with van der Waals surface area (Å²) in [6.07, 6.45) is 0. The van der Waals surface area contributed by atoms with Crippen LogP contribution in [-0.4, -0.2) is 4.57 Å². The molecule has 0 saturated carbocycles. The van der Waals surface area contributed by atoms with Gasteiger partial charge >= 0.3 is 0 Å². The highest BCUT2D eigenvalue weighted by Crippen LogP contribution is 2.63. The monoisotopic (exact) mass is 788 g/mol. The van der Waals surface area contributed by atoms with Crippen LogP contribution in [0.1, 0.15) is 22.3 Å². The van der Waals surface area contributed by atoms with E-state index in [0.29, 0.717) is 0 Å². The summed E-state index contributed by atoms with van der Waals surface area (Å²) in [4.78, 5) is 2.32. The molecular formula is C59H36N2O. The van der Waals surface area contributed by atoms with Gasteiger partial charge in [0.2, 0.25) is 0 Å². The first-order chi connectivity index (χ1) is 30.8. The maximum atomic E-state index is 7.04. The number of rotatable bonds is 5. The topological polar surface area (TPSA) is 21.3 Å². The molecule has 10 aromatic carbocycles. The van der Waals surface area contributed by atoms with E-state index in [0.717, 1.165) is 55.8 Å². The van der Waals surface area contributed by atoms with Crippen molar-refractivity contribution in [3.05, 3.63) is 241 Å². The van der Waals surface area contributed by atoms with Crippen molar-refractivity contribution in [1.82, 2.24) is 4.57 Å². The van der Waals surface area contributed by atoms with Crippen molar-refractivity contribution in [2.24, 2.45) is 0 Å². The van der Waals surface area contributed by atoms with E-state index in [9.17, 15) is 0 Å². The van der Waals surface area contributed by atoms with Crippen molar-refractivity contribution in [2.45, 2.75) is 5.41 Å². The van der Waals surface area contributed by atoms with Gasteiger partial charge in [-0.05, 0) is 122 Å². The largest absolute Gasteiger partial charge is 0.454 e. The molecule has 0 amide bonds. The average Bonchev–Trinajstić information content (AvgIpc) is 3.99. The van der Waals surface area contributed by atoms with Crippen molar-refractivity contribution in [3.63, 3.8) is 0 Å². The number of hydrogen-bond acceptors (Lipinski definition) is 2. The van der Waals surface area contributed by atoms with Gasteiger partial charge in [0.05, 0.1) is 22.1 Å². The Morgan fingerprint density at radius 3 is 1.76 bits per heavy atom. The molecule has 1 spiro atoms. The van der Waals surface area contributed by atoms with Gasteiger partial charge in [0.25, 0.3) is 0 Å². The number of aromatic nitrogens is 1. The predicted molar refractivity (Wildman–Crippen MR) is 257 cm³/mol. The second kappa shape index (κ2) is 12.4. The summed E-state index contributed by atoms with van der Waals surface area (Å²) < 4.78 is 9.55. The standard InChI is InChI=1S/C59H36N2O/c1-4-18-39(19-5-1)60(40-20-6-2-7-21-40)51-34-32-42(55-45-26-12-15-30-53(45)62-58(51)55)38-35-49-56-52(36-38)61(41-22-8-3-9-23-41)50-33-31-37-17-16-29-48(54(37)57(50)56)59(49)46-27-13-10-24-43(46)44-25-11-14-28-47(44)59/h1-36H. The van der Waals surface area contributed by atoms with Gasteiger partial charge in [0.15, 0.2) is 5.58 Å². The SMILES string of the molecule is c1ccc(N(c2ccccc2)c2ccc(-c3cc4c5c6c7c(cccc7ccc6n(-c6ccccc6)c5c3)C43c4ccccc4-c4ccccc43)c3c2oc2ccccc23)cc1. The molecule has 0 N–H and O–H groups in total. The predicted octanol–water partition coefficient (Wildman–Crippen LogP) is 15.6. The van der Waals surface area contributed by atoms with Crippen LogP contribution in [0.3, 0.4) is 0 Å². The smallest absolute Gasteiger partial charge is 0.160 e. The van der Waals surface area contributed by atoms with E-state index >= 15 is 0 Å². The van der Waals surface area contributed by atoms with E-state index in [1.165, 1.54) is 66.0 Å². The Labute approximate surface area is 358 Å². The van der Waals surface area contributed by atoms with E-state index in [1.807, 2.05) is 0 Å². The Balaban J connectivity index is 1.16. The second-order valence-corrected chi connectivity index (χ2v) is 16.7. The highest BCUT2D eigenvalue weighted by Gasteiger charge is 2.50. The molecule has 3 nitrogen and oxygen atoms in total. The molecule has 0 atom stereocenters. The highest BCUT2D eigenvalue weighted by molar-refractivity contribution is 6.27. The summed E-state index contributed by atoms with van der Waals surface area (Å²) in [5.74, 6) is 0. The van der Waals surface area contributed by atoms with Crippen molar-refractivity contribution in [1.29, 1.82) is 0 Å². The molecule has 2 aromatic heterocycles. The molecule has 0 aliphatic heterocycles. The Kier molecular flexibility index (Phi) is 6.76. The number of anilines is 3. The first-order valence-electron chi connectivity index (χ1n) is 21.4. The van der Waals surface area contributed by atoms with Crippen LogP contribution >= 0.6 is 0 Å². The van der Waals surface area contributed by atoms with E-state index in [4.69, 9.17) is 4.42 Å². The van der Waals surface area contributed by atoms with E-state index < -0.39 is 5.41 Å². The summed E-state index contributed by atoms with van der Waals surface area (Å²) >= 11 is 0. The van der Waals surface area contributed by atoms with Crippen molar-refractivity contribution < 1.29 is 4.42 Å². The number of nitrogens with zero attached hydrogens (tertiary/aromatic N) is 2. The van der Waals surface area contributed by atoms with Gasteiger partial charge in [-0.25, -0.2) is 0 Å². The summed E-state index contributed by atoms with van der Waals surface area (Å²) in [6.45, 7) is 0. The number of para-hydroxylation sites is 4. The van der Waals surface area contributed by atoms with Crippen LogP contribution in [0.25, 0.3) is 82.5 Å². The zero-order valence-corrected chi connectivity index (χ0v) is 33.6. The van der Waals surface area contributed by atoms with Crippen LogP contribution in [0.2, 0.25) is 0 Å². The summed E-state index contributed by atoms with van der Waals surface area (Å²) in [7, 11) is 0. The molecule has 2 aliphatic rings. The molecule has 288 valence electrons. The molecule has 12 aromatic rings.